The fraction of sp³-hybridized carbons (Fsp3) is 0.421. The van der Waals surface area contributed by atoms with Crippen LogP contribution >= 0.6 is 0 Å². The lowest BCUT2D eigenvalue weighted by Crippen LogP contribution is -2.54. The largest absolute Gasteiger partial charge is 0.368 e. The maximum absolute atomic E-state index is 13.1. The fourth-order valence-corrected chi connectivity index (χ4v) is 3.01. The van der Waals surface area contributed by atoms with Crippen molar-refractivity contribution < 1.29 is 18.5 Å². The highest BCUT2D eigenvalue weighted by atomic mass is 19.1. The zero-order valence-electron chi connectivity index (χ0n) is 15.7. The van der Waals surface area contributed by atoms with E-state index in [-0.39, 0.29) is 11.7 Å². The van der Waals surface area contributed by atoms with Crippen molar-refractivity contribution in [2.45, 2.75) is 20.8 Å². The van der Waals surface area contributed by atoms with E-state index in [9.17, 15) is 14.0 Å². The summed E-state index contributed by atoms with van der Waals surface area (Å²) in [7, 11) is 0. The summed E-state index contributed by atoms with van der Waals surface area (Å²) in [6.07, 6.45) is 0. The van der Waals surface area contributed by atoms with E-state index in [0.29, 0.717) is 37.8 Å². The number of anilines is 2. The first-order chi connectivity index (χ1) is 12.8. The molecule has 2 amide bonds. The Morgan fingerprint density at radius 1 is 1.15 bits per heavy atom. The van der Waals surface area contributed by atoms with Crippen molar-refractivity contribution in [3.8, 4) is 0 Å². The summed E-state index contributed by atoms with van der Waals surface area (Å²) in [5, 5.41) is 6.35. The Bertz CT molecular complexity index is 824. The number of nitrogens with zero attached hydrogens (tertiary/aromatic N) is 3. The summed E-state index contributed by atoms with van der Waals surface area (Å²) in [6.45, 7) is 7.16. The lowest BCUT2D eigenvalue weighted by atomic mass is 9.90. The van der Waals surface area contributed by atoms with Crippen molar-refractivity contribution in [1.29, 1.82) is 0 Å². The number of amides is 2. The minimum absolute atomic E-state index is 0.237. The van der Waals surface area contributed by atoms with Crippen LogP contribution < -0.4 is 10.2 Å². The molecule has 1 aliphatic rings. The van der Waals surface area contributed by atoms with Crippen molar-refractivity contribution in [3.63, 3.8) is 0 Å². The molecule has 0 bridgehead atoms. The molecule has 0 saturated carbocycles. The third kappa shape index (κ3) is 4.10. The second kappa shape index (κ2) is 7.38. The SMILES string of the molecule is Cc1cc(NC(=O)C(C)(C)C(=O)N2CCN(c3ccc(F)cc3)CC2)no1. The van der Waals surface area contributed by atoms with Crippen LogP contribution in [0, 0.1) is 18.2 Å². The lowest BCUT2D eigenvalue weighted by Gasteiger charge is -2.39. The summed E-state index contributed by atoms with van der Waals surface area (Å²) in [5.74, 6) is -0.0748. The van der Waals surface area contributed by atoms with Gasteiger partial charge in [-0.25, -0.2) is 4.39 Å². The van der Waals surface area contributed by atoms with Gasteiger partial charge in [-0.1, -0.05) is 5.16 Å². The molecular formula is C19H23FN4O3. The molecule has 1 aromatic carbocycles. The van der Waals surface area contributed by atoms with E-state index in [2.05, 4.69) is 15.4 Å². The molecule has 144 valence electrons. The number of benzene rings is 1. The van der Waals surface area contributed by atoms with Crippen molar-refractivity contribution in [2.75, 3.05) is 36.4 Å². The van der Waals surface area contributed by atoms with E-state index >= 15 is 0 Å². The molecule has 1 aromatic heterocycles. The molecule has 8 heteroatoms. The summed E-state index contributed by atoms with van der Waals surface area (Å²) in [5.41, 5.74) is -0.313. The van der Waals surface area contributed by atoms with Gasteiger partial charge in [0, 0.05) is 37.9 Å². The summed E-state index contributed by atoms with van der Waals surface area (Å²) in [4.78, 5) is 29.2. The normalized spacial score (nSPS) is 15.0. The predicted octanol–water partition coefficient (Wildman–Crippen LogP) is 2.44. The second-order valence-corrected chi connectivity index (χ2v) is 7.16. The highest BCUT2D eigenvalue weighted by Gasteiger charge is 2.40. The van der Waals surface area contributed by atoms with E-state index in [0.717, 1.165) is 5.69 Å². The van der Waals surface area contributed by atoms with E-state index in [1.807, 2.05) is 0 Å². The zero-order chi connectivity index (χ0) is 19.6. The standard InChI is InChI=1S/C19H23FN4O3/c1-13-12-16(22-27-13)21-17(25)19(2,3)18(26)24-10-8-23(9-11-24)15-6-4-14(20)5-7-15/h4-7,12H,8-11H2,1-3H3,(H,21,22,25). The maximum atomic E-state index is 13.1. The van der Waals surface area contributed by atoms with Gasteiger partial charge < -0.3 is 19.6 Å². The summed E-state index contributed by atoms with van der Waals surface area (Å²) >= 11 is 0. The molecule has 0 unspecified atom stereocenters. The average molecular weight is 374 g/mol. The van der Waals surface area contributed by atoms with Gasteiger partial charge in [-0.05, 0) is 45.0 Å². The van der Waals surface area contributed by atoms with Crippen LogP contribution in [0.5, 0.6) is 0 Å². The Kier molecular flexibility index (Phi) is 5.16. The van der Waals surface area contributed by atoms with E-state index in [1.165, 1.54) is 12.1 Å². The number of hydrogen-bond donors (Lipinski definition) is 1. The predicted molar refractivity (Wildman–Crippen MR) is 98.8 cm³/mol. The molecule has 0 spiro atoms. The first kappa shape index (κ1) is 18.9. The molecule has 27 heavy (non-hydrogen) atoms. The minimum Gasteiger partial charge on any atom is -0.368 e. The van der Waals surface area contributed by atoms with Gasteiger partial charge in [0.15, 0.2) is 5.82 Å². The highest BCUT2D eigenvalue weighted by molar-refractivity contribution is 6.09. The third-order valence-electron chi connectivity index (χ3n) is 4.73. The smallest absolute Gasteiger partial charge is 0.240 e. The van der Waals surface area contributed by atoms with Gasteiger partial charge in [-0.15, -0.1) is 0 Å². The van der Waals surface area contributed by atoms with Crippen molar-refractivity contribution in [2.24, 2.45) is 5.41 Å². The topological polar surface area (TPSA) is 78.7 Å². The van der Waals surface area contributed by atoms with E-state index in [4.69, 9.17) is 4.52 Å². The number of piperazine rings is 1. The molecule has 7 nitrogen and oxygen atoms in total. The Morgan fingerprint density at radius 2 is 1.78 bits per heavy atom. The molecular weight excluding hydrogens is 351 g/mol. The monoisotopic (exact) mass is 374 g/mol. The number of carbonyl (C=O) groups excluding carboxylic acids is 2. The van der Waals surface area contributed by atoms with Gasteiger partial charge in [0.05, 0.1) is 0 Å². The number of hydrogen-bond acceptors (Lipinski definition) is 5. The van der Waals surface area contributed by atoms with Crippen molar-refractivity contribution in [1.82, 2.24) is 10.1 Å². The maximum Gasteiger partial charge on any atom is 0.240 e. The molecule has 0 atom stereocenters. The lowest BCUT2D eigenvalue weighted by molar-refractivity contribution is -0.146. The van der Waals surface area contributed by atoms with Crippen LogP contribution in [0.4, 0.5) is 15.9 Å². The Balaban J connectivity index is 1.60. The molecule has 1 saturated heterocycles. The number of nitrogens with one attached hydrogen (secondary N) is 1. The number of halogens is 1. The van der Waals surface area contributed by atoms with Gasteiger partial charge >= 0.3 is 0 Å². The quantitative estimate of drug-likeness (QED) is 0.832. The number of aromatic nitrogens is 1. The molecule has 1 fully saturated rings. The second-order valence-electron chi connectivity index (χ2n) is 7.16. The Labute approximate surface area is 157 Å². The van der Waals surface area contributed by atoms with Crippen LogP contribution in [0.2, 0.25) is 0 Å². The van der Waals surface area contributed by atoms with E-state index in [1.54, 1.807) is 43.9 Å². The Hall–Kier alpha value is -2.90. The summed E-state index contributed by atoms with van der Waals surface area (Å²) < 4.78 is 18.0. The van der Waals surface area contributed by atoms with Crippen LogP contribution in [0.3, 0.4) is 0 Å². The zero-order valence-corrected chi connectivity index (χ0v) is 15.7. The average Bonchev–Trinajstić information content (AvgIpc) is 3.06. The van der Waals surface area contributed by atoms with E-state index < -0.39 is 11.3 Å². The molecule has 1 N–H and O–H groups in total. The molecule has 2 aromatic rings. The van der Waals surface area contributed by atoms with Gasteiger partial charge in [0.25, 0.3) is 0 Å². The van der Waals surface area contributed by atoms with Crippen LogP contribution in [0.1, 0.15) is 19.6 Å². The van der Waals surface area contributed by atoms with Gasteiger partial charge in [0.2, 0.25) is 11.8 Å². The van der Waals surface area contributed by atoms with Crippen LogP contribution in [0.15, 0.2) is 34.9 Å². The number of carbonyl (C=O) groups is 2. The van der Waals surface area contributed by atoms with Crippen molar-refractivity contribution >= 4 is 23.3 Å². The Morgan fingerprint density at radius 3 is 2.33 bits per heavy atom. The fourth-order valence-electron chi connectivity index (χ4n) is 3.01. The number of aryl methyl sites for hydroxylation is 1. The molecule has 0 radical (unpaired) electrons. The van der Waals surface area contributed by atoms with Crippen molar-refractivity contribution in [3.05, 3.63) is 41.9 Å². The van der Waals surface area contributed by atoms with Crippen LogP contribution in [-0.4, -0.2) is 48.0 Å². The first-order valence-electron chi connectivity index (χ1n) is 8.82. The molecule has 0 aliphatic carbocycles. The van der Waals surface area contributed by atoms with Crippen LogP contribution in [-0.2, 0) is 9.59 Å². The van der Waals surface area contributed by atoms with Crippen LogP contribution in [0.25, 0.3) is 0 Å². The van der Waals surface area contributed by atoms with Gasteiger partial charge in [0.1, 0.15) is 17.0 Å². The molecule has 1 aliphatic heterocycles. The molecule has 3 rings (SSSR count). The number of rotatable bonds is 4. The van der Waals surface area contributed by atoms with Gasteiger partial charge in [-0.3, -0.25) is 9.59 Å². The summed E-state index contributed by atoms with van der Waals surface area (Å²) in [6, 6.07) is 7.89. The van der Waals surface area contributed by atoms with Gasteiger partial charge in [-0.2, -0.15) is 0 Å². The first-order valence-corrected chi connectivity index (χ1v) is 8.82. The molecule has 2 heterocycles. The minimum atomic E-state index is -1.23. The highest BCUT2D eigenvalue weighted by Crippen LogP contribution is 2.24. The third-order valence-corrected chi connectivity index (χ3v) is 4.73.